The predicted octanol–water partition coefficient (Wildman–Crippen LogP) is 0.195. The average molecular weight is 253 g/mol. The first-order valence-corrected chi connectivity index (χ1v) is 6.86. The number of likely N-dealkylation sites (tertiary alicyclic amines) is 1. The van der Waals surface area contributed by atoms with Crippen molar-refractivity contribution in [1.29, 1.82) is 0 Å². The van der Waals surface area contributed by atoms with Crippen molar-refractivity contribution in [3.8, 4) is 0 Å². The number of nitrogens with two attached hydrogens (primary N) is 1. The van der Waals surface area contributed by atoms with Crippen LogP contribution in [0.25, 0.3) is 0 Å². The summed E-state index contributed by atoms with van der Waals surface area (Å²) in [5, 5.41) is 0. The monoisotopic (exact) mass is 253 g/mol. The van der Waals surface area contributed by atoms with Gasteiger partial charge in [0.05, 0.1) is 6.54 Å². The maximum atomic E-state index is 12.1. The Morgan fingerprint density at radius 2 is 1.94 bits per heavy atom. The molecular formula is C13H23N3O2. The van der Waals surface area contributed by atoms with Crippen LogP contribution in [0.4, 0.5) is 0 Å². The van der Waals surface area contributed by atoms with E-state index in [4.69, 9.17) is 5.73 Å². The van der Waals surface area contributed by atoms with Crippen molar-refractivity contribution >= 4 is 11.8 Å². The minimum atomic E-state index is 0.0244. The Hall–Kier alpha value is -1.10. The topological polar surface area (TPSA) is 66.6 Å². The lowest BCUT2D eigenvalue weighted by Crippen LogP contribution is -2.41. The summed E-state index contributed by atoms with van der Waals surface area (Å²) >= 11 is 0. The summed E-state index contributed by atoms with van der Waals surface area (Å²) in [5.74, 6) is 0.178. The first-order chi connectivity index (χ1) is 8.58. The van der Waals surface area contributed by atoms with E-state index in [-0.39, 0.29) is 30.3 Å². The van der Waals surface area contributed by atoms with Gasteiger partial charge in [-0.2, -0.15) is 0 Å². The third-order valence-electron chi connectivity index (χ3n) is 4.03. The highest BCUT2D eigenvalue weighted by atomic mass is 16.2. The van der Waals surface area contributed by atoms with E-state index in [0.29, 0.717) is 0 Å². The lowest BCUT2D eigenvalue weighted by Gasteiger charge is -2.23. The van der Waals surface area contributed by atoms with Crippen LogP contribution in [0.2, 0.25) is 0 Å². The molecule has 5 nitrogen and oxygen atoms in total. The van der Waals surface area contributed by atoms with Crippen molar-refractivity contribution in [3.05, 3.63) is 0 Å². The number of hydrogen-bond donors (Lipinski definition) is 1. The van der Waals surface area contributed by atoms with Gasteiger partial charge in [0, 0.05) is 32.1 Å². The van der Waals surface area contributed by atoms with Gasteiger partial charge in [-0.05, 0) is 32.1 Å². The van der Waals surface area contributed by atoms with Crippen LogP contribution < -0.4 is 5.73 Å². The molecule has 2 amide bonds. The number of likely N-dealkylation sites (N-methyl/N-ethyl adjacent to an activating group) is 1. The standard InChI is InChI=1S/C13H23N3O2/c1-15(9-12(17)16-6-2-3-7-16)13(18)10-4-5-11(14)8-10/h10-11H,2-9,14H2,1H3. The molecule has 102 valence electrons. The second-order valence-corrected chi connectivity index (χ2v) is 5.55. The largest absolute Gasteiger partial charge is 0.341 e. The molecule has 18 heavy (non-hydrogen) atoms. The number of carbonyl (C=O) groups excluding carboxylic acids is 2. The fourth-order valence-electron chi connectivity index (χ4n) is 2.90. The Balaban J connectivity index is 1.81. The zero-order valence-corrected chi connectivity index (χ0v) is 11.1. The van der Waals surface area contributed by atoms with Crippen LogP contribution >= 0.6 is 0 Å². The fraction of sp³-hybridized carbons (Fsp3) is 0.846. The van der Waals surface area contributed by atoms with Gasteiger partial charge in [0.15, 0.2) is 0 Å². The molecule has 0 aromatic carbocycles. The molecule has 1 heterocycles. The summed E-state index contributed by atoms with van der Waals surface area (Å²) in [6, 6.07) is 0.154. The molecule has 0 aromatic rings. The van der Waals surface area contributed by atoms with Crippen LogP contribution in [0.3, 0.4) is 0 Å². The normalized spacial score (nSPS) is 27.6. The fourth-order valence-corrected chi connectivity index (χ4v) is 2.90. The average Bonchev–Trinajstić information content (AvgIpc) is 2.98. The predicted molar refractivity (Wildman–Crippen MR) is 68.8 cm³/mol. The molecule has 0 spiro atoms. The molecule has 2 aliphatic rings. The number of carbonyl (C=O) groups is 2. The molecule has 0 bridgehead atoms. The molecule has 2 atom stereocenters. The van der Waals surface area contributed by atoms with Crippen molar-refractivity contribution in [2.24, 2.45) is 11.7 Å². The third kappa shape index (κ3) is 3.02. The highest BCUT2D eigenvalue weighted by molar-refractivity contribution is 5.86. The number of nitrogens with zero attached hydrogens (tertiary/aromatic N) is 2. The summed E-state index contributed by atoms with van der Waals surface area (Å²) in [7, 11) is 1.72. The Bertz CT molecular complexity index is 326. The molecule has 1 aliphatic carbocycles. The highest BCUT2D eigenvalue weighted by Gasteiger charge is 2.31. The molecule has 2 rings (SSSR count). The Morgan fingerprint density at radius 3 is 2.50 bits per heavy atom. The van der Waals surface area contributed by atoms with E-state index in [9.17, 15) is 9.59 Å². The first-order valence-electron chi connectivity index (χ1n) is 6.86. The van der Waals surface area contributed by atoms with E-state index >= 15 is 0 Å². The van der Waals surface area contributed by atoms with Crippen LogP contribution in [0.5, 0.6) is 0 Å². The quantitative estimate of drug-likeness (QED) is 0.781. The van der Waals surface area contributed by atoms with E-state index in [1.165, 1.54) is 0 Å². The van der Waals surface area contributed by atoms with Crippen molar-refractivity contribution in [2.45, 2.75) is 38.1 Å². The van der Waals surface area contributed by atoms with Crippen LogP contribution in [-0.2, 0) is 9.59 Å². The maximum absolute atomic E-state index is 12.1. The van der Waals surface area contributed by atoms with E-state index < -0.39 is 0 Å². The second kappa shape index (κ2) is 5.69. The van der Waals surface area contributed by atoms with Crippen molar-refractivity contribution in [3.63, 3.8) is 0 Å². The van der Waals surface area contributed by atoms with E-state index in [1.807, 2.05) is 4.90 Å². The van der Waals surface area contributed by atoms with Gasteiger partial charge in [0.25, 0.3) is 0 Å². The van der Waals surface area contributed by atoms with Gasteiger partial charge < -0.3 is 15.5 Å². The van der Waals surface area contributed by atoms with Crippen LogP contribution in [0.1, 0.15) is 32.1 Å². The lowest BCUT2D eigenvalue weighted by atomic mass is 10.1. The molecular weight excluding hydrogens is 230 g/mol. The van der Waals surface area contributed by atoms with Gasteiger partial charge in [-0.15, -0.1) is 0 Å². The molecule has 1 aliphatic heterocycles. The molecule has 1 saturated heterocycles. The summed E-state index contributed by atoms with van der Waals surface area (Å²) in [6.45, 7) is 1.90. The first kappa shape index (κ1) is 13.3. The highest BCUT2D eigenvalue weighted by Crippen LogP contribution is 2.25. The molecule has 2 fully saturated rings. The number of amides is 2. The molecule has 2 N–H and O–H groups in total. The summed E-state index contributed by atoms with van der Waals surface area (Å²) in [5.41, 5.74) is 5.82. The zero-order chi connectivity index (χ0) is 13.1. The third-order valence-corrected chi connectivity index (χ3v) is 4.03. The second-order valence-electron chi connectivity index (χ2n) is 5.55. The molecule has 1 saturated carbocycles. The van der Waals surface area contributed by atoms with Crippen LogP contribution in [0, 0.1) is 5.92 Å². The maximum Gasteiger partial charge on any atom is 0.242 e. The van der Waals surface area contributed by atoms with Gasteiger partial charge in [0.1, 0.15) is 0 Å². The van der Waals surface area contributed by atoms with Crippen LogP contribution in [-0.4, -0.2) is 54.3 Å². The summed E-state index contributed by atoms with van der Waals surface area (Å²) in [4.78, 5) is 27.5. The smallest absolute Gasteiger partial charge is 0.242 e. The zero-order valence-electron chi connectivity index (χ0n) is 11.1. The van der Waals surface area contributed by atoms with Gasteiger partial charge in [0.2, 0.25) is 11.8 Å². The number of hydrogen-bond acceptors (Lipinski definition) is 3. The Labute approximate surface area is 108 Å². The van der Waals surface area contributed by atoms with Crippen LogP contribution in [0.15, 0.2) is 0 Å². The van der Waals surface area contributed by atoms with E-state index in [2.05, 4.69) is 0 Å². The van der Waals surface area contributed by atoms with Crippen molar-refractivity contribution in [1.82, 2.24) is 9.80 Å². The van der Waals surface area contributed by atoms with Crippen molar-refractivity contribution < 1.29 is 9.59 Å². The van der Waals surface area contributed by atoms with Crippen molar-refractivity contribution in [2.75, 3.05) is 26.7 Å². The van der Waals surface area contributed by atoms with Gasteiger partial charge in [-0.3, -0.25) is 9.59 Å². The SMILES string of the molecule is CN(CC(=O)N1CCCC1)C(=O)C1CCC(N)C1. The molecule has 0 radical (unpaired) electrons. The lowest BCUT2D eigenvalue weighted by molar-refractivity contribution is -0.141. The van der Waals surface area contributed by atoms with Gasteiger partial charge in [-0.1, -0.05) is 0 Å². The minimum Gasteiger partial charge on any atom is -0.341 e. The Morgan fingerprint density at radius 1 is 1.28 bits per heavy atom. The Kier molecular flexibility index (Phi) is 4.22. The van der Waals surface area contributed by atoms with E-state index in [1.54, 1.807) is 11.9 Å². The van der Waals surface area contributed by atoms with Gasteiger partial charge >= 0.3 is 0 Å². The summed E-state index contributed by atoms with van der Waals surface area (Å²) < 4.78 is 0. The van der Waals surface area contributed by atoms with E-state index in [0.717, 1.165) is 45.2 Å². The summed E-state index contributed by atoms with van der Waals surface area (Å²) in [6.07, 6.45) is 4.72. The molecule has 5 heteroatoms. The van der Waals surface area contributed by atoms with Gasteiger partial charge in [-0.25, -0.2) is 0 Å². The molecule has 2 unspecified atom stereocenters. The minimum absolute atomic E-state index is 0.0244. The number of rotatable bonds is 3. The molecule has 0 aromatic heterocycles.